The normalized spacial score (nSPS) is 12.6. The molecule has 0 aromatic heterocycles. The third kappa shape index (κ3) is 3.57. The van der Waals surface area contributed by atoms with Gasteiger partial charge in [0.25, 0.3) is 0 Å². The molecule has 0 amide bonds. The van der Waals surface area contributed by atoms with Crippen LogP contribution >= 0.6 is 31.9 Å². The molecule has 78 valence electrons. The Hall–Kier alpha value is -0.100. The Morgan fingerprint density at radius 3 is 2.64 bits per heavy atom. The molecule has 1 rings (SSSR count). The van der Waals surface area contributed by atoms with Gasteiger partial charge in [-0.2, -0.15) is 0 Å². The third-order valence-electron chi connectivity index (χ3n) is 1.54. The predicted octanol–water partition coefficient (Wildman–Crippen LogP) is 1.94. The minimum Gasteiger partial charge on any atom is -0.490 e. The van der Waals surface area contributed by atoms with Crippen LogP contribution in [0.2, 0.25) is 0 Å². The van der Waals surface area contributed by atoms with E-state index in [0.717, 1.165) is 8.95 Å². The maximum Gasteiger partial charge on any atom is 0.133 e. The van der Waals surface area contributed by atoms with Gasteiger partial charge in [-0.25, -0.2) is 0 Å². The van der Waals surface area contributed by atoms with Crippen molar-refractivity contribution in [1.29, 1.82) is 0 Å². The molecular weight excluding hydrogens is 316 g/mol. The molecule has 2 N–H and O–H groups in total. The van der Waals surface area contributed by atoms with Crippen molar-refractivity contribution in [3.05, 3.63) is 27.1 Å². The van der Waals surface area contributed by atoms with Gasteiger partial charge in [0, 0.05) is 4.47 Å². The molecule has 0 saturated carbocycles. The van der Waals surface area contributed by atoms with Crippen molar-refractivity contribution in [3.8, 4) is 5.75 Å². The Morgan fingerprint density at radius 2 is 2.07 bits per heavy atom. The molecule has 0 aliphatic heterocycles. The van der Waals surface area contributed by atoms with E-state index < -0.39 is 6.10 Å². The third-order valence-corrected chi connectivity index (χ3v) is 2.65. The fourth-order valence-corrected chi connectivity index (χ4v) is 1.99. The maximum absolute atomic E-state index is 9.07. The van der Waals surface area contributed by atoms with Gasteiger partial charge in [0.05, 0.1) is 11.1 Å². The number of benzene rings is 1. The highest BCUT2D eigenvalue weighted by Crippen LogP contribution is 2.28. The van der Waals surface area contributed by atoms with Crippen LogP contribution in [0.15, 0.2) is 27.1 Å². The molecule has 0 heterocycles. The number of aliphatic hydroxyl groups is 2. The molecule has 1 aromatic carbocycles. The minimum atomic E-state index is -0.842. The molecule has 14 heavy (non-hydrogen) atoms. The second kappa shape index (κ2) is 5.70. The Bertz CT molecular complexity index is 304. The lowest BCUT2D eigenvalue weighted by molar-refractivity contribution is 0.0533. The van der Waals surface area contributed by atoms with Crippen molar-refractivity contribution < 1.29 is 14.9 Å². The fraction of sp³-hybridized carbons (Fsp3) is 0.333. The second-order valence-corrected chi connectivity index (χ2v) is 4.49. The van der Waals surface area contributed by atoms with Crippen molar-refractivity contribution >= 4 is 31.9 Å². The fourth-order valence-electron chi connectivity index (χ4n) is 0.831. The summed E-state index contributed by atoms with van der Waals surface area (Å²) in [6.07, 6.45) is -0.842. The lowest BCUT2D eigenvalue weighted by Crippen LogP contribution is -2.21. The van der Waals surface area contributed by atoms with E-state index in [0.29, 0.717) is 5.75 Å². The van der Waals surface area contributed by atoms with Gasteiger partial charge < -0.3 is 14.9 Å². The molecule has 0 aliphatic carbocycles. The van der Waals surface area contributed by atoms with Crippen LogP contribution in [-0.4, -0.2) is 29.5 Å². The quantitative estimate of drug-likeness (QED) is 0.889. The zero-order chi connectivity index (χ0) is 10.6. The van der Waals surface area contributed by atoms with Crippen LogP contribution in [0.25, 0.3) is 0 Å². The standard InChI is InChI=1S/C9H10Br2O3/c10-6-1-2-9(8(11)3-6)14-5-7(13)4-12/h1-3,7,12-13H,4-5H2/t7-/m1/s1. The number of hydrogen-bond acceptors (Lipinski definition) is 3. The molecule has 0 bridgehead atoms. The van der Waals surface area contributed by atoms with E-state index in [2.05, 4.69) is 31.9 Å². The van der Waals surface area contributed by atoms with Gasteiger partial charge in [-0.3, -0.25) is 0 Å². The van der Waals surface area contributed by atoms with E-state index in [1.165, 1.54) is 0 Å². The zero-order valence-electron chi connectivity index (χ0n) is 7.28. The van der Waals surface area contributed by atoms with Crippen LogP contribution in [0.4, 0.5) is 0 Å². The lowest BCUT2D eigenvalue weighted by atomic mass is 10.3. The number of rotatable bonds is 4. The van der Waals surface area contributed by atoms with Crippen LogP contribution in [0.1, 0.15) is 0 Å². The topological polar surface area (TPSA) is 49.7 Å². The SMILES string of the molecule is OC[C@@H](O)COc1ccc(Br)cc1Br. The van der Waals surface area contributed by atoms with E-state index in [1.54, 1.807) is 6.07 Å². The van der Waals surface area contributed by atoms with Gasteiger partial charge in [-0.1, -0.05) is 15.9 Å². The monoisotopic (exact) mass is 324 g/mol. The van der Waals surface area contributed by atoms with E-state index in [-0.39, 0.29) is 13.2 Å². The summed E-state index contributed by atoms with van der Waals surface area (Å²) in [5.41, 5.74) is 0. The van der Waals surface area contributed by atoms with Gasteiger partial charge in [0.1, 0.15) is 18.5 Å². The second-order valence-electron chi connectivity index (χ2n) is 2.72. The lowest BCUT2D eigenvalue weighted by Gasteiger charge is -2.11. The predicted molar refractivity (Wildman–Crippen MR) is 60.4 cm³/mol. The molecule has 0 fully saturated rings. The zero-order valence-corrected chi connectivity index (χ0v) is 10.5. The summed E-state index contributed by atoms with van der Waals surface area (Å²) in [7, 11) is 0. The van der Waals surface area contributed by atoms with E-state index in [1.807, 2.05) is 12.1 Å². The van der Waals surface area contributed by atoms with Gasteiger partial charge in [0.2, 0.25) is 0 Å². The highest BCUT2D eigenvalue weighted by atomic mass is 79.9. The summed E-state index contributed by atoms with van der Waals surface area (Å²) in [5.74, 6) is 0.640. The molecule has 0 spiro atoms. The summed E-state index contributed by atoms with van der Waals surface area (Å²) in [5, 5.41) is 17.6. The van der Waals surface area contributed by atoms with Crippen molar-refractivity contribution in [1.82, 2.24) is 0 Å². The smallest absolute Gasteiger partial charge is 0.133 e. The van der Waals surface area contributed by atoms with Crippen LogP contribution in [-0.2, 0) is 0 Å². The maximum atomic E-state index is 9.07. The van der Waals surface area contributed by atoms with E-state index in [9.17, 15) is 0 Å². The van der Waals surface area contributed by atoms with Gasteiger partial charge in [-0.05, 0) is 34.1 Å². The molecule has 1 aromatic rings. The molecule has 5 heteroatoms. The summed E-state index contributed by atoms with van der Waals surface area (Å²) in [4.78, 5) is 0. The Labute approximate surface area is 99.0 Å². The van der Waals surface area contributed by atoms with E-state index in [4.69, 9.17) is 14.9 Å². The molecule has 0 radical (unpaired) electrons. The van der Waals surface area contributed by atoms with E-state index >= 15 is 0 Å². The Balaban J connectivity index is 2.59. The van der Waals surface area contributed by atoms with Crippen LogP contribution in [0, 0.1) is 0 Å². The summed E-state index contributed by atoms with van der Waals surface area (Å²) in [6, 6.07) is 5.46. The van der Waals surface area contributed by atoms with Crippen LogP contribution in [0.3, 0.4) is 0 Å². The van der Waals surface area contributed by atoms with Crippen LogP contribution < -0.4 is 4.74 Å². The minimum absolute atomic E-state index is 0.0801. The summed E-state index contributed by atoms with van der Waals surface area (Å²) in [6.45, 7) is -0.217. The molecule has 0 unspecified atom stereocenters. The van der Waals surface area contributed by atoms with Crippen molar-refractivity contribution in [3.63, 3.8) is 0 Å². The first-order chi connectivity index (χ1) is 6.63. The Kier molecular flexibility index (Phi) is 4.88. The first-order valence-electron chi connectivity index (χ1n) is 4.00. The van der Waals surface area contributed by atoms with Gasteiger partial charge in [0.15, 0.2) is 0 Å². The van der Waals surface area contributed by atoms with Crippen molar-refractivity contribution in [2.75, 3.05) is 13.2 Å². The van der Waals surface area contributed by atoms with Gasteiger partial charge >= 0.3 is 0 Å². The first-order valence-corrected chi connectivity index (χ1v) is 5.59. The number of ether oxygens (including phenoxy) is 1. The number of halogens is 2. The summed E-state index contributed by atoms with van der Waals surface area (Å²) >= 11 is 6.64. The highest BCUT2D eigenvalue weighted by Gasteiger charge is 2.05. The van der Waals surface area contributed by atoms with Crippen LogP contribution in [0.5, 0.6) is 5.75 Å². The first kappa shape index (κ1) is 12.0. The Morgan fingerprint density at radius 1 is 1.36 bits per heavy atom. The average Bonchev–Trinajstić information content (AvgIpc) is 2.16. The molecule has 0 saturated heterocycles. The van der Waals surface area contributed by atoms with Gasteiger partial charge in [-0.15, -0.1) is 0 Å². The van der Waals surface area contributed by atoms with Crippen molar-refractivity contribution in [2.24, 2.45) is 0 Å². The van der Waals surface area contributed by atoms with Crippen molar-refractivity contribution in [2.45, 2.75) is 6.10 Å². The number of hydrogen-bond donors (Lipinski definition) is 2. The molecule has 0 aliphatic rings. The highest BCUT2D eigenvalue weighted by molar-refractivity contribution is 9.11. The largest absolute Gasteiger partial charge is 0.490 e. The average molecular weight is 326 g/mol. The molecule has 1 atom stereocenters. The number of aliphatic hydroxyl groups excluding tert-OH is 2. The molecule has 3 nitrogen and oxygen atoms in total. The molecular formula is C9H10Br2O3. The summed E-state index contributed by atoms with van der Waals surface area (Å²) < 4.78 is 7.01.